The van der Waals surface area contributed by atoms with Crippen LogP contribution in [0.4, 0.5) is 11.4 Å². The number of nitrogen functional groups attached to an aromatic ring is 1. The maximum absolute atomic E-state index is 12.2. The molecule has 3 N–H and O–H groups in total. The van der Waals surface area contributed by atoms with E-state index in [4.69, 9.17) is 5.73 Å². The molecule has 0 radical (unpaired) electrons. The van der Waals surface area contributed by atoms with Crippen molar-refractivity contribution in [2.45, 2.75) is 26.2 Å². The molecule has 100 valence electrons. The van der Waals surface area contributed by atoms with Crippen LogP contribution in [-0.4, -0.2) is 20.5 Å². The fourth-order valence-corrected chi connectivity index (χ4v) is 2.30. The summed E-state index contributed by atoms with van der Waals surface area (Å²) >= 11 is 1.08. The second-order valence-corrected chi connectivity index (χ2v) is 5.87. The highest BCUT2D eigenvalue weighted by Gasteiger charge is 2.26. The van der Waals surface area contributed by atoms with Crippen LogP contribution in [0.25, 0.3) is 0 Å². The van der Waals surface area contributed by atoms with E-state index < -0.39 is 0 Å². The third kappa shape index (κ3) is 2.87. The molecule has 0 saturated heterocycles. The average molecular weight is 277 g/mol. The standard InChI is InChI=1S/C12H15N5OS/c1-12(2,3)10-9(19-17-16-10)11(18)15-8-4-5-14-6-7(8)13/h4-6H,13H2,1-3H3,(H,14,15,18). The van der Waals surface area contributed by atoms with E-state index in [1.54, 1.807) is 12.3 Å². The van der Waals surface area contributed by atoms with Gasteiger partial charge in [-0.05, 0) is 17.6 Å². The second-order valence-electron chi connectivity index (χ2n) is 5.12. The Balaban J connectivity index is 2.27. The van der Waals surface area contributed by atoms with Crippen LogP contribution in [0.1, 0.15) is 36.1 Å². The van der Waals surface area contributed by atoms with Crippen molar-refractivity contribution in [3.8, 4) is 0 Å². The maximum Gasteiger partial charge on any atom is 0.269 e. The first kappa shape index (κ1) is 13.4. The van der Waals surface area contributed by atoms with Crippen LogP contribution in [0.5, 0.6) is 0 Å². The van der Waals surface area contributed by atoms with E-state index in [1.165, 1.54) is 6.20 Å². The summed E-state index contributed by atoms with van der Waals surface area (Å²) in [5.41, 5.74) is 7.15. The highest BCUT2D eigenvalue weighted by molar-refractivity contribution is 7.08. The van der Waals surface area contributed by atoms with Gasteiger partial charge in [-0.15, -0.1) is 5.10 Å². The van der Waals surface area contributed by atoms with E-state index >= 15 is 0 Å². The number of rotatable bonds is 2. The third-order valence-electron chi connectivity index (χ3n) is 2.50. The SMILES string of the molecule is CC(C)(C)c1nnsc1C(=O)Nc1ccncc1N. The van der Waals surface area contributed by atoms with E-state index in [2.05, 4.69) is 19.9 Å². The number of nitrogens with two attached hydrogens (primary N) is 1. The third-order valence-corrected chi connectivity index (χ3v) is 3.23. The molecule has 6 nitrogen and oxygen atoms in total. The number of anilines is 2. The van der Waals surface area contributed by atoms with Crippen molar-refractivity contribution in [1.82, 2.24) is 14.6 Å². The Bertz CT molecular complexity index is 602. The predicted octanol–water partition coefficient (Wildman–Crippen LogP) is 2.07. The van der Waals surface area contributed by atoms with Crippen LogP contribution >= 0.6 is 11.5 Å². The molecular weight excluding hydrogens is 262 g/mol. The molecule has 0 saturated carbocycles. The van der Waals surface area contributed by atoms with Gasteiger partial charge in [-0.2, -0.15) is 0 Å². The van der Waals surface area contributed by atoms with Gasteiger partial charge in [0.1, 0.15) is 4.88 Å². The molecule has 2 rings (SSSR count). The fraction of sp³-hybridized carbons (Fsp3) is 0.333. The Kier molecular flexibility index (Phi) is 3.48. The van der Waals surface area contributed by atoms with Crippen LogP contribution in [0.2, 0.25) is 0 Å². The van der Waals surface area contributed by atoms with Gasteiger partial charge in [0, 0.05) is 11.6 Å². The average Bonchev–Trinajstić information content (AvgIpc) is 2.81. The summed E-state index contributed by atoms with van der Waals surface area (Å²) in [4.78, 5) is 16.6. The lowest BCUT2D eigenvalue weighted by atomic mass is 9.91. The van der Waals surface area contributed by atoms with E-state index in [9.17, 15) is 4.79 Å². The first-order valence-corrected chi connectivity index (χ1v) is 6.50. The number of nitrogens with zero attached hydrogens (tertiary/aromatic N) is 3. The molecule has 0 bridgehead atoms. The number of pyridine rings is 1. The fourth-order valence-electron chi connectivity index (χ4n) is 1.53. The van der Waals surface area contributed by atoms with E-state index in [0.717, 1.165) is 11.5 Å². The quantitative estimate of drug-likeness (QED) is 0.876. The molecule has 19 heavy (non-hydrogen) atoms. The van der Waals surface area contributed by atoms with Crippen LogP contribution < -0.4 is 11.1 Å². The van der Waals surface area contributed by atoms with Gasteiger partial charge in [0.2, 0.25) is 0 Å². The molecule has 0 aliphatic heterocycles. The first-order valence-electron chi connectivity index (χ1n) is 5.73. The molecule has 0 atom stereocenters. The minimum Gasteiger partial charge on any atom is -0.396 e. The molecular formula is C12H15N5OS. The molecule has 0 aliphatic carbocycles. The zero-order valence-electron chi connectivity index (χ0n) is 11.0. The summed E-state index contributed by atoms with van der Waals surface area (Å²) in [5.74, 6) is -0.252. The number of hydrogen-bond acceptors (Lipinski definition) is 6. The maximum atomic E-state index is 12.2. The van der Waals surface area contributed by atoms with Crippen molar-refractivity contribution >= 4 is 28.8 Å². The molecule has 0 fully saturated rings. The van der Waals surface area contributed by atoms with Gasteiger partial charge in [0.15, 0.2) is 0 Å². The zero-order chi connectivity index (χ0) is 14.0. The molecule has 0 spiro atoms. The van der Waals surface area contributed by atoms with Gasteiger partial charge in [0.25, 0.3) is 5.91 Å². The number of carbonyl (C=O) groups is 1. The van der Waals surface area contributed by atoms with Crippen LogP contribution in [-0.2, 0) is 5.41 Å². The van der Waals surface area contributed by atoms with E-state index in [0.29, 0.717) is 21.9 Å². The van der Waals surface area contributed by atoms with E-state index in [-0.39, 0.29) is 11.3 Å². The van der Waals surface area contributed by atoms with Crippen molar-refractivity contribution in [2.24, 2.45) is 0 Å². The molecule has 2 aromatic rings. The topological polar surface area (TPSA) is 93.8 Å². The Morgan fingerprint density at radius 2 is 2.16 bits per heavy atom. The van der Waals surface area contributed by atoms with Crippen LogP contribution in [0.3, 0.4) is 0 Å². The molecule has 0 unspecified atom stereocenters. The van der Waals surface area contributed by atoms with E-state index in [1.807, 2.05) is 20.8 Å². The van der Waals surface area contributed by atoms with Crippen molar-refractivity contribution in [2.75, 3.05) is 11.1 Å². The monoisotopic (exact) mass is 277 g/mol. The molecule has 0 aromatic carbocycles. The molecule has 2 heterocycles. The van der Waals surface area contributed by atoms with Crippen LogP contribution in [0, 0.1) is 0 Å². The van der Waals surface area contributed by atoms with Crippen molar-refractivity contribution in [1.29, 1.82) is 0 Å². The minimum absolute atomic E-state index is 0.233. The van der Waals surface area contributed by atoms with Gasteiger partial charge in [-0.25, -0.2) is 0 Å². The Morgan fingerprint density at radius 1 is 1.42 bits per heavy atom. The highest BCUT2D eigenvalue weighted by atomic mass is 32.1. The number of hydrogen-bond donors (Lipinski definition) is 2. The molecule has 0 aliphatic rings. The summed E-state index contributed by atoms with van der Waals surface area (Å²) in [5, 5.41) is 6.79. The first-order chi connectivity index (χ1) is 8.89. The summed E-state index contributed by atoms with van der Waals surface area (Å²) in [6.45, 7) is 5.96. The summed E-state index contributed by atoms with van der Waals surface area (Å²) in [6.07, 6.45) is 3.06. The van der Waals surface area contributed by atoms with Gasteiger partial charge < -0.3 is 11.1 Å². The van der Waals surface area contributed by atoms with Gasteiger partial charge in [-0.3, -0.25) is 9.78 Å². The highest BCUT2D eigenvalue weighted by Crippen LogP contribution is 2.27. The lowest BCUT2D eigenvalue weighted by molar-refractivity contribution is 0.102. The Labute approximate surface area is 115 Å². The summed E-state index contributed by atoms with van der Waals surface area (Å²) in [7, 11) is 0. The molecule has 1 amide bonds. The number of aromatic nitrogens is 3. The van der Waals surface area contributed by atoms with Crippen LogP contribution in [0.15, 0.2) is 18.5 Å². The second kappa shape index (κ2) is 4.93. The Morgan fingerprint density at radius 3 is 2.79 bits per heavy atom. The smallest absolute Gasteiger partial charge is 0.269 e. The van der Waals surface area contributed by atoms with Gasteiger partial charge in [0.05, 0.1) is 23.3 Å². The molecule has 2 aromatic heterocycles. The molecule has 7 heteroatoms. The minimum atomic E-state index is -0.252. The number of amides is 1. The Hall–Kier alpha value is -2.02. The normalized spacial score (nSPS) is 11.3. The zero-order valence-corrected chi connectivity index (χ0v) is 11.8. The van der Waals surface area contributed by atoms with Crippen molar-refractivity contribution in [3.63, 3.8) is 0 Å². The summed E-state index contributed by atoms with van der Waals surface area (Å²) in [6, 6.07) is 1.65. The predicted molar refractivity (Wildman–Crippen MR) is 75.2 cm³/mol. The van der Waals surface area contributed by atoms with Crippen molar-refractivity contribution in [3.05, 3.63) is 29.0 Å². The van der Waals surface area contributed by atoms with Crippen molar-refractivity contribution < 1.29 is 4.79 Å². The van der Waals surface area contributed by atoms with Gasteiger partial charge in [-0.1, -0.05) is 25.3 Å². The lowest BCUT2D eigenvalue weighted by Gasteiger charge is -2.16. The lowest BCUT2D eigenvalue weighted by Crippen LogP contribution is -2.20. The number of carbonyl (C=O) groups excluding carboxylic acids is 1. The van der Waals surface area contributed by atoms with Gasteiger partial charge >= 0.3 is 0 Å². The largest absolute Gasteiger partial charge is 0.396 e. The summed E-state index contributed by atoms with van der Waals surface area (Å²) < 4.78 is 3.86. The number of nitrogens with one attached hydrogen (secondary N) is 1.